The monoisotopic (exact) mass is 245 g/mol. The molecular weight excluding hydrogens is 230 g/mol. The molecule has 0 spiro atoms. The third-order valence-corrected chi connectivity index (χ3v) is 2.97. The molecule has 0 aromatic heterocycles. The van der Waals surface area contributed by atoms with Crippen molar-refractivity contribution in [2.45, 2.75) is 18.9 Å². The Balaban J connectivity index is 2.26. The smallest absolute Gasteiger partial charge is 0.339 e. The van der Waals surface area contributed by atoms with Gasteiger partial charge in [0, 0.05) is 13.0 Å². The number of benzene rings is 1. The summed E-state index contributed by atoms with van der Waals surface area (Å²) in [5.74, 6) is -0.752. The first-order valence-corrected chi connectivity index (χ1v) is 5.77. The lowest BCUT2D eigenvalue weighted by atomic mass is 9.89. The molecule has 1 aromatic carbocycles. The number of hydrogen-bond donors (Lipinski definition) is 1. The van der Waals surface area contributed by atoms with Crippen LogP contribution in [0.2, 0.25) is 0 Å². The lowest BCUT2D eigenvalue weighted by molar-refractivity contribution is -0.139. The van der Waals surface area contributed by atoms with Gasteiger partial charge in [0.25, 0.3) is 5.91 Å². The van der Waals surface area contributed by atoms with Crippen LogP contribution in [0, 0.1) is 0 Å². The van der Waals surface area contributed by atoms with E-state index in [0.717, 1.165) is 5.56 Å². The highest BCUT2D eigenvalue weighted by atomic mass is 16.6. The molecule has 1 aromatic rings. The number of carbonyl (C=O) groups excluding carboxylic acids is 2. The van der Waals surface area contributed by atoms with Crippen molar-refractivity contribution in [3.8, 4) is 0 Å². The van der Waals surface area contributed by atoms with Gasteiger partial charge in [-0.05, 0) is 18.6 Å². The first-order chi connectivity index (χ1) is 8.57. The van der Waals surface area contributed by atoms with Gasteiger partial charge < -0.3 is 10.1 Å². The summed E-state index contributed by atoms with van der Waals surface area (Å²) in [7, 11) is 0. The first-order valence-electron chi connectivity index (χ1n) is 5.77. The highest BCUT2D eigenvalue weighted by Gasteiger charge is 2.42. The Morgan fingerprint density at radius 2 is 2.28 bits per heavy atom. The van der Waals surface area contributed by atoms with Crippen LogP contribution in [-0.2, 0) is 16.0 Å². The third kappa shape index (κ3) is 2.14. The molecule has 0 saturated carbocycles. The number of cyclic esters (lactones) is 1. The number of rotatable bonds is 3. The molecule has 1 unspecified atom stereocenters. The molecule has 18 heavy (non-hydrogen) atoms. The van der Waals surface area contributed by atoms with Gasteiger partial charge in [-0.1, -0.05) is 24.3 Å². The average molecular weight is 245 g/mol. The molecular formula is C14H15NO3. The molecule has 0 bridgehead atoms. The fourth-order valence-corrected chi connectivity index (χ4v) is 2.01. The second-order valence-corrected chi connectivity index (χ2v) is 4.45. The van der Waals surface area contributed by atoms with E-state index in [2.05, 4.69) is 11.9 Å². The molecule has 0 radical (unpaired) electrons. The van der Waals surface area contributed by atoms with E-state index in [0.29, 0.717) is 18.5 Å². The van der Waals surface area contributed by atoms with Gasteiger partial charge in [0.15, 0.2) is 5.60 Å². The van der Waals surface area contributed by atoms with E-state index in [1.54, 1.807) is 25.1 Å². The highest BCUT2D eigenvalue weighted by molar-refractivity contribution is 5.97. The van der Waals surface area contributed by atoms with Crippen molar-refractivity contribution in [3.63, 3.8) is 0 Å². The minimum Gasteiger partial charge on any atom is -0.445 e. The summed E-state index contributed by atoms with van der Waals surface area (Å²) >= 11 is 0. The van der Waals surface area contributed by atoms with Crippen molar-refractivity contribution < 1.29 is 14.3 Å². The van der Waals surface area contributed by atoms with Gasteiger partial charge >= 0.3 is 5.97 Å². The van der Waals surface area contributed by atoms with Crippen molar-refractivity contribution in [1.29, 1.82) is 0 Å². The molecule has 4 heteroatoms. The standard InChI is InChI=1S/C14H15NO3/c1-3-8-15-13(17)14(2)9-10-6-4-5-7-11(10)12(16)18-14/h3-7H,1,8-9H2,2H3,(H,15,17). The summed E-state index contributed by atoms with van der Waals surface area (Å²) < 4.78 is 5.27. The van der Waals surface area contributed by atoms with Crippen LogP contribution >= 0.6 is 0 Å². The molecule has 0 saturated heterocycles. The molecule has 0 aliphatic carbocycles. The van der Waals surface area contributed by atoms with Crippen LogP contribution in [0.15, 0.2) is 36.9 Å². The SMILES string of the molecule is C=CCNC(=O)C1(C)Cc2ccccc2C(=O)O1. The van der Waals surface area contributed by atoms with Crippen LogP contribution in [0.5, 0.6) is 0 Å². The lowest BCUT2D eigenvalue weighted by Gasteiger charge is -2.32. The van der Waals surface area contributed by atoms with E-state index in [1.165, 1.54) is 0 Å². The predicted molar refractivity (Wildman–Crippen MR) is 67.2 cm³/mol. The number of hydrogen-bond acceptors (Lipinski definition) is 3. The lowest BCUT2D eigenvalue weighted by Crippen LogP contribution is -2.51. The highest BCUT2D eigenvalue weighted by Crippen LogP contribution is 2.28. The molecule has 1 atom stereocenters. The summed E-state index contributed by atoms with van der Waals surface area (Å²) in [6.45, 7) is 5.51. The quantitative estimate of drug-likeness (QED) is 0.648. The summed E-state index contributed by atoms with van der Waals surface area (Å²) in [5, 5.41) is 2.66. The van der Waals surface area contributed by atoms with Crippen LogP contribution in [0.1, 0.15) is 22.8 Å². The van der Waals surface area contributed by atoms with Gasteiger partial charge in [0.1, 0.15) is 0 Å². The maximum atomic E-state index is 12.0. The first kappa shape index (κ1) is 12.4. The molecule has 1 aliphatic heterocycles. The van der Waals surface area contributed by atoms with Gasteiger partial charge in [-0.15, -0.1) is 6.58 Å². The maximum absolute atomic E-state index is 12.0. The molecule has 1 amide bonds. The Morgan fingerprint density at radius 3 is 3.00 bits per heavy atom. The van der Waals surface area contributed by atoms with Crippen LogP contribution in [-0.4, -0.2) is 24.0 Å². The summed E-state index contributed by atoms with van der Waals surface area (Å²) in [4.78, 5) is 23.9. The second-order valence-electron chi connectivity index (χ2n) is 4.45. The number of esters is 1. The number of fused-ring (bicyclic) bond motifs is 1. The summed E-state index contributed by atoms with van der Waals surface area (Å²) in [5.41, 5.74) is 0.227. The molecule has 94 valence electrons. The van der Waals surface area contributed by atoms with Crippen LogP contribution < -0.4 is 5.32 Å². The van der Waals surface area contributed by atoms with Gasteiger partial charge in [0.05, 0.1) is 5.56 Å². The minimum absolute atomic E-state index is 0.301. The molecule has 1 N–H and O–H groups in total. The number of amides is 1. The van der Waals surface area contributed by atoms with E-state index in [-0.39, 0.29) is 5.91 Å². The zero-order valence-electron chi connectivity index (χ0n) is 10.2. The molecule has 2 rings (SSSR count). The summed E-state index contributed by atoms with van der Waals surface area (Å²) in [6, 6.07) is 7.17. The molecule has 1 aliphatic rings. The van der Waals surface area contributed by atoms with E-state index < -0.39 is 11.6 Å². The molecule has 0 fully saturated rings. The zero-order valence-corrected chi connectivity index (χ0v) is 10.2. The Labute approximate surface area is 106 Å². The largest absolute Gasteiger partial charge is 0.445 e. The van der Waals surface area contributed by atoms with Crippen molar-refractivity contribution in [3.05, 3.63) is 48.0 Å². The van der Waals surface area contributed by atoms with Crippen LogP contribution in [0.3, 0.4) is 0 Å². The minimum atomic E-state index is -1.14. The van der Waals surface area contributed by atoms with Crippen molar-refractivity contribution >= 4 is 11.9 Å². The Kier molecular flexibility index (Phi) is 3.19. The average Bonchev–Trinajstić information content (AvgIpc) is 2.35. The second kappa shape index (κ2) is 4.64. The fourth-order valence-electron chi connectivity index (χ4n) is 2.01. The van der Waals surface area contributed by atoms with Crippen molar-refractivity contribution in [1.82, 2.24) is 5.32 Å². The number of ether oxygens (including phenoxy) is 1. The van der Waals surface area contributed by atoms with Crippen LogP contribution in [0.4, 0.5) is 0 Å². The third-order valence-electron chi connectivity index (χ3n) is 2.97. The van der Waals surface area contributed by atoms with E-state index in [9.17, 15) is 9.59 Å². The fraction of sp³-hybridized carbons (Fsp3) is 0.286. The van der Waals surface area contributed by atoms with Crippen molar-refractivity contribution in [2.24, 2.45) is 0 Å². The maximum Gasteiger partial charge on any atom is 0.339 e. The van der Waals surface area contributed by atoms with E-state index >= 15 is 0 Å². The van der Waals surface area contributed by atoms with Gasteiger partial charge in [-0.3, -0.25) is 4.79 Å². The summed E-state index contributed by atoms with van der Waals surface area (Å²) in [6.07, 6.45) is 1.97. The number of nitrogens with one attached hydrogen (secondary N) is 1. The normalized spacial score (nSPS) is 21.7. The molecule has 4 nitrogen and oxygen atoms in total. The van der Waals surface area contributed by atoms with Gasteiger partial charge in [-0.2, -0.15) is 0 Å². The van der Waals surface area contributed by atoms with Gasteiger partial charge in [-0.25, -0.2) is 4.79 Å². The Morgan fingerprint density at radius 1 is 1.56 bits per heavy atom. The Bertz CT molecular complexity index is 510. The van der Waals surface area contributed by atoms with Crippen molar-refractivity contribution in [2.75, 3.05) is 6.54 Å². The Hall–Kier alpha value is -2.10. The van der Waals surface area contributed by atoms with Crippen LogP contribution in [0.25, 0.3) is 0 Å². The van der Waals surface area contributed by atoms with Gasteiger partial charge in [0.2, 0.25) is 0 Å². The van der Waals surface area contributed by atoms with E-state index in [4.69, 9.17) is 4.74 Å². The molecule has 1 heterocycles. The number of carbonyl (C=O) groups is 2. The topological polar surface area (TPSA) is 55.4 Å². The predicted octanol–water partition coefficient (Wildman–Crippen LogP) is 1.46. The van der Waals surface area contributed by atoms with E-state index in [1.807, 2.05) is 12.1 Å². The zero-order chi connectivity index (χ0) is 13.2.